The number of nitrogens with two attached hydrogens (primary N) is 3. The molecule has 6 heteroatoms. The second-order valence-corrected chi connectivity index (χ2v) is 3.17. The molecule has 14 heavy (non-hydrogen) atoms. The summed E-state index contributed by atoms with van der Waals surface area (Å²) in [4.78, 5) is 0. The first-order chi connectivity index (χ1) is 6.52. The molecule has 0 aliphatic carbocycles. The van der Waals surface area contributed by atoms with E-state index in [4.69, 9.17) is 5.73 Å². The van der Waals surface area contributed by atoms with Crippen LogP contribution in [-0.4, -0.2) is 10.2 Å². The highest BCUT2D eigenvalue weighted by Crippen LogP contribution is 2.03. The molecule has 1 aromatic carbocycles. The van der Waals surface area contributed by atoms with Crippen LogP contribution in [-0.2, 0) is 0 Å². The quantitative estimate of drug-likeness (QED) is 0.524. The largest absolute Gasteiger partial charge is 0.377 e. The molecule has 0 bridgehead atoms. The summed E-state index contributed by atoms with van der Waals surface area (Å²) in [6, 6.07) is 9.57. The third kappa shape index (κ3) is 8.69. The summed E-state index contributed by atoms with van der Waals surface area (Å²) in [5, 5.41) is 3.11. The van der Waals surface area contributed by atoms with Gasteiger partial charge in [0, 0.05) is 5.69 Å². The maximum absolute atomic E-state index is 5.24. The lowest BCUT2D eigenvalue weighted by Gasteiger charge is -2.00. The Balaban J connectivity index is 0.000000364. The zero-order valence-electron chi connectivity index (χ0n) is 7.44. The molecule has 0 fully saturated rings. The van der Waals surface area contributed by atoms with Crippen LogP contribution in [0.15, 0.2) is 30.3 Å². The lowest BCUT2D eigenvalue weighted by atomic mass is 10.3. The van der Waals surface area contributed by atoms with Gasteiger partial charge in [0.15, 0.2) is 10.2 Å². The lowest BCUT2D eigenvalue weighted by Crippen LogP contribution is -2.18. The first-order valence-electron chi connectivity index (χ1n) is 3.68. The van der Waals surface area contributed by atoms with Gasteiger partial charge in [0.25, 0.3) is 0 Å². The van der Waals surface area contributed by atoms with Crippen LogP contribution in [0.3, 0.4) is 0 Å². The Morgan fingerprint density at radius 2 is 1.43 bits per heavy atom. The fraction of sp³-hybridized carbons (Fsp3) is 0. The molecule has 7 N–H and O–H groups in total. The Hall–Kier alpha value is -1.40. The zero-order chi connectivity index (χ0) is 11.0. The minimum absolute atomic E-state index is 0.000000000000000222. The number of nitrogens with one attached hydrogen (secondary N) is 1. The second kappa shape index (κ2) is 7.05. The van der Waals surface area contributed by atoms with Crippen molar-refractivity contribution in [3.05, 3.63) is 30.3 Å². The Morgan fingerprint density at radius 1 is 1.00 bits per heavy atom. The Morgan fingerprint density at radius 3 is 1.79 bits per heavy atom. The molecule has 0 atom stereocenters. The Labute approximate surface area is 93.5 Å². The third-order valence-electron chi connectivity index (χ3n) is 1.04. The van der Waals surface area contributed by atoms with Gasteiger partial charge in [-0.3, -0.25) is 0 Å². The number of rotatable bonds is 1. The molecule has 1 aromatic rings. The topological polar surface area (TPSA) is 90.1 Å². The molecule has 0 aliphatic heterocycles. The summed E-state index contributed by atoms with van der Waals surface area (Å²) >= 11 is 8.74. The number of benzene rings is 1. The number of thiocarbonyl (C=S) groups is 2. The molecule has 0 heterocycles. The van der Waals surface area contributed by atoms with E-state index in [2.05, 4.69) is 41.2 Å². The van der Waals surface area contributed by atoms with Gasteiger partial charge < -0.3 is 22.5 Å². The normalized spacial score (nSPS) is 8.00. The molecule has 0 spiro atoms. The first kappa shape index (κ1) is 12.6. The minimum atomic E-state index is 0.000000000000000222. The lowest BCUT2D eigenvalue weighted by molar-refractivity contribution is 1.61. The van der Waals surface area contributed by atoms with Crippen LogP contribution in [0.25, 0.3) is 0 Å². The predicted molar refractivity (Wildman–Crippen MR) is 67.8 cm³/mol. The molecule has 0 saturated heterocycles. The van der Waals surface area contributed by atoms with Gasteiger partial charge >= 0.3 is 0 Å². The van der Waals surface area contributed by atoms with Crippen molar-refractivity contribution >= 4 is 40.3 Å². The van der Waals surface area contributed by atoms with E-state index < -0.39 is 0 Å². The number of anilines is 1. The fourth-order valence-electron chi connectivity index (χ4n) is 0.664. The van der Waals surface area contributed by atoms with Gasteiger partial charge in [0.2, 0.25) is 0 Å². The molecule has 0 aromatic heterocycles. The van der Waals surface area contributed by atoms with Crippen molar-refractivity contribution in [1.82, 2.24) is 0 Å². The summed E-state index contributed by atoms with van der Waals surface area (Å²) in [5.41, 5.74) is 15.4. The van der Waals surface area contributed by atoms with Crippen molar-refractivity contribution in [3.8, 4) is 0 Å². The maximum Gasteiger partial charge on any atom is 0.168 e. The summed E-state index contributed by atoms with van der Waals surface area (Å²) in [7, 11) is 0. The summed E-state index contributed by atoms with van der Waals surface area (Å²) in [6.45, 7) is 0. The van der Waals surface area contributed by atoms with E-state index in [1.165, 1.54) is 0 Å². The van der Waals surface area contributed by atoms with Gasteiger partial charge in [-0.15, -0.1) is 0 Å². The molecule has 0 amide bonds. The van der Waals surface area contributed by atoms with Crippen LogP contribution in [0.1, 0.15) is 0 Å². The summed E-state index contributed by atoms with van der Waals surface area (Å²) < 4.78 is 0. The predicted octanol–water partition coefficient (Wildman–Crippen LogP) is 0.531. The van der Waals surface area contributed by atoms with Crippen molar-refractivity contribution in [1.29, 1.82) is 0 Å². The third-order valence-corrected chi connectivity index (χ3v) is 1.14. The van der Waals surface area contributed by atoms with E-state index in [9.17, 15) is 0 Å². The van der Waals surface area contributed by atoms with Gasteiger partial charge in [-0.25, -0.2) is 0 Å². The van der Waals surface area contributed by atoms with Crippen molar-refractivity contribution in [2.75, 3.05) is 5.32 Å². The highest BCUT2D eigenvalue weighted by molar-refractivity contribution is 7.80. The standard InChI is InChI=1S/C7H8N2S.CH4N2S/c8-7(10)9-6-4-2-1-3-5-6;2-1(3)4/h1-5H,(H3,8,9,10);(H4,2,3,4). The van der Waals surface area contributed by atoms with Crippen molar-refractivity contribution in [2.24, 2.45) is 17.2 Å². The van der Waals surface area contributed by atoms with E-state index in [0.717, 1.165) is 5.69 Å². The molecule has 0 saturated carbocycles. The van der Waals surface area contributed by atoms with E-state index in [1.54, 1.807) is 0 Å². The van der Waals surface area contributed by atoms with E-state index in [-0.39, 0.29) is 5.11 Å². The van der Waals surface area contributed by atoms with E-state index in [1.807, 2.05) is 30.3 Å². The van der Waals surface area contributed by atoms with Crippen LogP contribution in [0, 0.1) is 0 Å². The van der Waals surface area contributed by atoms with Gasteiger partial charge in [0.1, 0.15) is 0 Å². The average molecular weight is 228 g/mol. The number of para-hydroxylation sites is 1. The molecule has 76 valence electrons. The molecule has 1 rings (SSSR count). The van der Waals surface area contributed by atoms with Crippen LogP contribution in [0.2, 0.25) is 0 Å². The van der Waals surface area contributed by atoms with Gasteiger partial charge in [-0.05, 0) is 36.6 Å². The fourth-order valence-corrected chi connectivity index (χ4v) is 0.782. The number of hydrogen-bond acceptors (Lipinski definition) is 2. The molecular formula is C8H12N4S2. The highest BCUT2D eigenvalue weighted by atomic mass is 32.1. The van der Waals surface area contributed by atoms with Crippen LogP contribution < -0.4 is 22.5 Å². The first-order valence-corrected chi connectivity index (χ1v) is 4.50. The van der Waals surface area contributed by atoms with Crippen LogP contribution >= 0.6 is 24.4 Å². The maximum atomic E-state index is 5.24. The summed E-state index contributed by atoms with van der Waals surface area (Å²) in [6.07, 6.45) is 0. The van der Waals surface area contributed by atoms with Crippen LogP contribution in [0.4, 0.5) is 5.69 Å². The molecule has 0 radical (unpaired) electrons. The number of hydrogen-bond donors (Lipinski definition) is 4. The minimum Gasteiger partial charge on any atom is -0.377 e. The smallest absolute Gasteiger partial charge is 0.168 e. The SMILES string of the molecule is NC(=S)Nc1ccccc1.NC(N)=S. The molecule has 4 nitrogen and oxygen atoms in total. The molecule has 0 aliphatic rings. The van der Waals surface area contributed by atoms with Gasteiger partial charge in [-0.2, -0.15) is 0 Å². The van der Waals surface area contributed by atoms with Crippen molar-refractivity contribution < 1.29 is 0 Å². The van der Waals surface area contributed by atoms with Crippen LogP contribution in [0.5, 0.6) is 0 Å². The Bertz CT molecular complexity index is 295. The summed E-state index contributed by atoms with van der Waals surface area (Å²) in [5.74, 6) is 0. The Kier molecular flexibility index (Phi) is 6.34. The zero-order valence-corrected chi connectivity index (χ0v) is 9.07. The molecular weight excluding hydrogens is 216 g/mol. The van der Waals surface area contributed by atoms with Gasteiger partial charge in [0.05, 0.1) is 0 Å². The second-order valence-electron chi connectivity index (χ2n) is 2.26. The monoisotopic (exact) mass is 228 g/mol. The van der Waals surface area contributed by atoms with Crippen molar-refractivity contribution in [3.63, 3.8) is 0 Å². The van der Waals surface area contributed by atoms with E-state index >= 15 is 0 Å². The van der Waals surface area contributed by atoms with Gasteiger partial charge in [-0.1, -0.05) is 18.2 Å². The average Bonchev–Trinajstić information content (AvgIpc) is 2.03. The highest BCUT2D eigenvalue weighted by Gasteiger charge is 1.87. The van der Waals surface area contributed by atoms with E-state index in [0.29, 0.717) is 5.11 Å². The van der Waals surface area contributed by atoms with Crippen molar-refractivity contribution in [2.45, 2.75) is 0 Å². The molecule has 0 unspecified atom stereocenters.